The van der Waals surface area contributed by atoms with Crippen LogP contribution < -0.4 is 0 Å². The number of halogens is 2. The van der Waals surface area contributed by atoms with Gasteiger partial charge in [0.2, 0.25) is 0 Å². The van der Waals surface area contributed by atoms with Gasteiger partial charge in [0.15, 0.2) is 9.79 Å². The zero-order valence-electron chi connectivity index (χ0n) is 8.19. The van der Waals surface area contributed by atoms with Crippen LogP contribution in [0, 0.1) is 0 Å². The Morgan fingerprint density at radius 1 is 0.875 bits per heavy atom. The van der Waals surface area contributed by atoms with Gasteiger partial charge >= 0.3 is 0 Å². The molecule has 0 saturated carbocycles. The van der Waals surface area contributed by atoms with Crippen LogP contribution in [-0.4, -0.2) is 4.55 Å². The lowest BCUT2D eigenvalue weighted by Crippen LogP contribution is -2.02. The fraction of sp³-hybridized carbons (Fsp3) is 0. The highest BCUT2D eigenvalue weighted by molar-refractivity contribution is 7.91. The second-order valence-electron chi connectivity index (χ2n) is 3.13. The first-order valence-corrected chi connectivity index (χ1v) is 6.51. The van der Waals surface area contributed by atoms with Crippen molar-refractivity contribution in [2.24, 2.45) is 0 Å². The maximum Gasteiger partial charge on any atom is 0.178 e. The largest absolute Gasteiger partial charge is 0.606 e. The molecule has 0 N–H and O–H groups in total. The maximum atomic E-state index is 12.2. The lowest BCUT2D eigenvalue weighted by molar-refractivity contribution is 0.595. The molecule has 0 fully saturated rings. The molecule has 2 aromatic rings. The van der Waals surface area contributed by atoms with Crippen LogP contribution in [0.3, 0.4) is 0 Å². The second kappa shape index (κ2) is 5.11. The number of rotatable bonds is 2. The summed E-state index contributed by atoms with van der Waals surface area (Å²) in [6.45, 7) is 0. The van der Waals surface area contributed by atoms with Crippen LogP contribution in [-0.2, 0) is 11.2 Å². The zero-order chi connectivity index (χ0) is 11.5. The van der Waals surface area contributed by atoms with Gasteiger partial charge in [-0.25, -0.2) is 0 Å². The van der Waals surface area contributed by atoms with Crippen molar-refractivity contribution in [3.63, 3.8) is 0 Å². The molecule has 0 spiro atoms. The highest BCUT2D eigenvalue weighted by atomic mass is 35.5. The molecule has 0 aliphatic rings. The fourth-order valence-corrected chi connectivity index (χ4v) is 3.00. The average molecular weight is 271 g/mol. The van der Waals surface area contributed by atoms with Crippen LogP contribution in [0.2, 0.25) is 10.0 Å². The quantitative estimate of drug-likeness (QED) is 0.752. The van der Waals surface area contributed by atoms with Gasteiger partial charge in [0.1, 0.15) is 5.02 Å². The molecule has 2 rings (SSSR count). The van der Waals surface area contributed by atoms with Crippen molar-refractivity contribution in [1.29, 1.82) is 0 Å². The van der Waals surface area contributed by atoms with Crippen LogP contribution >= 0.6 is 23.2 Å². The zero-order valence-corrected chi connectivity index (χ0v) is 10.5. The first-order chi connectivity index (χ1) is 7.70. The molecule has 1 atom stereocenters. The first kappa shape index (κ1) is 11.8. The SMILES string of the molecule is [O-][S+](c1ccccc1)c1cccc(Cl)c1Cl. The Labute approximate surface area is 107 Å². The predicted octanol–water partition coefficient (Wildman–Crippen LogP) is 4.16. The number of benzene rings is 2. The summed E-state index contributed by atoms with van der Waals surface area (Å²) in [4.78, 5) is 1.26. The Hall–Kier alpha value is -0.670. The van der Waals surface area contributed by atoms with Crippen molar-refractivity contribution < 1.29 is 4.55 Å². The Morgan fingerprint density at radius 2 is 1.56 bits per heavy atom. The molecule has 2 aromatic carbocycles. The summed E-state index contributed by atoms with van der Waals surface area (Å²) >= 11 is 10.6. The third kappa shape index (κ3) is 2.36. The fourth-order valence-electron chi connectivity index (χ4n) is 1.30. The molecule has 1 unspecified atom stereocenters. The first-order valence-electron chi connectivity index (χ1n) is 4.61. The average Bonchev–Trinajstić information content (AvgIpc) is 2.33. The maximum absolute atomic E-state index is 12.2. The molecule has 4 heteroatoms. The van der Waals surface area contributed by atoms with E-state index in [0.717, 1.165) is 0 Å². The standard InChI is InChI=1S/C12H8Cl2OS/c13-10-7-4-8-11(12(10)14)16(15)9-5-2-1-3-6-9/h1-8H. The minimum absolute atomic E-state index is 0.353. The Kier molecular flexibility index (Phi) is 3.77. The molecule has 0 heterocycles. The van der Waals surface area contributed by atoms with E-state index in [-0.39, 0.29) is 0 Å². The van der Waals surface area contributed by atoms with E-state index >= 15 is 0 Å². The number of hydrogen-bond acceptors (Lipinski definition) is 1. The summed E-state index contributed by atoms with van der Waals surface area (Å²) in [6.07, 6.45) is 0. The molecule has 16 heavy (non-hydrogen) atoms. The summed E-state index contributed by atoms with van der Waals surface area (Å²) in [6, 6.07) is 14.3. The van der Waals surface area contributed by atoms with Crippen molar-refractivity contribution in [3.8, 4) is 0 Å². The van der Waals surface area contributed by atoms with Gasteiger partial charge < -0.3 is 4.55 Å². The van der Waals surface area contributed by atoms with E-state index in [9.17, 15) is 4.55 Å². The van der Waals surface area contributed by atoms with Gasteiger partial charge in [-0.15, -0.1) is 0 Å². The van der Waals surface area contributed by atoms with E-state index in [2.05, 4.69) is 0 Å². The van der Waals surface area contributed by atoms with E-state index in [1.54, 1.807) is 30.3 Å². The van der Waals surface area contributed by atoms with E-state index in [0.29, 0.717) is 19.8 Å². The van der Waals surface area contributed by atoms with Crippen molar-refractivity contribution in [2.75, 3.05) is 0 Å². The molecule has 1 nitrogen and oxygen atoms in total. The van der Waals surface area contributed by atoms with Gasteiger partial charge in [0.05, 0.1) is 5.02 Å². The molecule has 0 amide bonds. The van der Waals surface area contributed by atoms with Gasteiger partial charge in [-0.2, -0.15) is 0 Å². The molecular formula is C12H8Cl2OS. The highest BCUT2D eigenvalue weighted by Crippen LogP contribution is 2.32. The van der Waals surface area contributed by atoms with Crippen LogP contribution in [0.15, 0.2) is 58.3 Å². The summed E-state index contributed by atoms with van der Waals surface area (Å²) in [7, 11) is 0. The van der Waals surface area contributed by atoms with Crippen LogP contribution in [0.25, 0.3) is 0 Å². The summed E-state index contributed by atoms with van der Waals surface area (Å²) in [5, 5.41) is 0.773. The normalized spacial score (nSPS) is 12.4. The molecule has 0 aliphatic carbocycles. The molecule has 0 aromatic heterocycles. The van der Waals surface area contributed by atoms with Gasteiger partial charge in [-0.1, -0.05) is 47.5 Å². The van der Waals surface area contributed by atoms with Gasteiger partial charge in [0.25, 0.3) is 0 Å². The van der Waals surface area contributed by atoms with Crippen molar-refractivity contribution >= 4 is 34.4 Å². The third-order valence-electron chi connectivity index (χ3n) is 2.07. The van der Waals surface area contributed by atoms with Crippen molar-refractivity contribution in [2.45, 2.75) is 9.79 Å². The Balaban J connectivity index is 2.42. The monoisotopic (exact) mass is 270 g/mol. The second-order valence-corrected chi connectivity index (χ2v) is 5.37. The van der Waals surface area contributed by atoms with Crippen LogP contribution in [0.4, 0.5) is 0 Å². The number of hydrogen-bond donors (Lipinski definition) is 0. The molecule has 82 valence electrons. The Morgan fingerprint density at radius 3 is 2.25 bits per heavy atom. The van der Waals surface area contributed by atoms with Crippen molar-refractivity contribution in [3.05, 3.63) is 58.6 Å². The summed E-state index contributed by atoms with van der Waals surface area (Å²) in [5.74, 6) is 0. The minimum Gasteiger partial charge on any atom is -0.606 e. The minimum atomic E-state index is -1.29. The van der Waals surface area contributed by atoms with Gasteiger partial charge in [0, 0.05) is 11.2 Å². The smallest absolute Gasteiger partial charge is 0.178 e. The van der Waals surface area contributed by atoms with E-state index < -0.39 is 11.2 Å². The van der Waals surface area contributed by atoms with Crippen LogP contribution in [0.5, 0.6) is 0 Å². The topological polar surface area (TPSA) is 23.1 Å². The van der Waals surface area contributed by atoms with E-state index in [1.165, 1.54) is 0 Å². The van der Waals surface area contributed by atoms with Crippen molar-refractivity contribution in [1.82, 2.24) is 0 Å². The summed E-state index contributed by atoms with van der Waals surface area (Å²) in [5.41, 5.74) is 0. The summed E-state index contributed by atoms with van der Waals surface area (Å²) < 4.78 is 12.2. The third-order valence-corrected chi connectivity index (χ3v) is 4.44. The lowest BCUT2D eigenvalue weighted by Gasteiger charge is -2.11. The molecule has 0 bridgehead atoms. The van der Waals surface area contributed by atoms with E-state index in [4.69, 9.17) is 23.2 Å². The molecular weight excluding hydrogens is 263 g/mol. The molecule has 0 aliphatic heterocycles. The molecule has 0 saturated heterocycles. The predicted molar refractivity (Wildman–Crippen MR) is 67.6 cm³/mol. The van der Waals surface area contributed by atoms with E-state index in [1.807, 2.05) is 18.2 Å². The van der Waals surface area contributed by atoms with Gasteiger partial charge in [-0.3, -0.25) is 0 Å². The highest BCUT2D eigenvalue weighted by Gasteiger charge is 2.19. The Bertz CT molecular complexity index is 488. The van der Waals surface area contributed by atoms with Gasteiger partial charge in [-0.05, 0) is 24.3 Å². The van der Waals surface area contributed by atoms with Crippen LogP contribution in [0.1, 0.15) is 0 Å². The lowest BCUT2D eigenvalue weighted by atomic mass is 10.4. The molecule has 0 radical (unpaired) electrons.